The molecule has 0 aromatic carbocycles. The van der Waals surface area contributed by atoms with Crippen LogP contribution in [0.4, 0.5) is 0 Å². The van der Waals surface area contributed by atoms with E-state index in [9.17, 15) is 0 Å². The smallest absolute Gasteiger partial charge is 0.0564 e. The quantitative estimate of drug-likeness (QED) is 0.479. The van der Waals surface area contributed by atoms with Crippen molar-refractivity contribution in [1.82, 2.24) is 0 Å². The number of rotatable bonds is 4. The van der Waals surface area contributed by atoms with Crippen LogP contribution < -0.4 is 0 Å². The molecule has 1 nitrogen and oxygen atoms in total. The molecular formula is C8H16NP. The Morgan fingerprint density at radius 2 is 1.80 bits per heavy atom. The number of allylic oxidation sites excluding steroid dienone is 1. The molecule has 0 fully saturated rings. The highest BCUT2D eigenvalue weighted by molar-refractivity contribution is 7.75. The molecule has 1 N–H and O–H groups in total. The van der Waals surface area contributed by atoms with Crippen LogP contribution in [-0.4, -0.2) is 17.8 Å². The summed E-state index contributed by atoms with van der Waals surface area (Å²) in [5, 5.41) is 7.63. The van der Waals surface area contributed by atoms with E-state index in [0.717, 1.165) is 23.3 Å². The Morgan fingerprint density at radius 3 is 1.90 bits per heavy atom. The molecule has 2 heteroatoms. The summed E-state index contributed by atoms with van der Waals surface area (Å²) in [7, 11) is -0.173. The van der Waals surface area contributed by atoms with Crippen molar-refractivity contribution in [2.45, 2.75) is 20.8 Å². The van der Waals surface area contributed by atoms with Gasteiger partial charge in [-0.25, -0.2) is 0 Å². The van der Waals surface area contributed by atoms with Crippen LogP contribution in [0.2, 0.25) is 0 Å². The van der Waals surface area contributed by atoms with Gasteiger partial charge in [0.2, 0.25) is 0 Å². The summed E-state index contributed by atoms with van der Waals surface area (Å²) in [5.74, 6) is 0. The Balaban J connectivity index is 4.02. The van der Waals surface area contributed by atoms with Crippen molar-refractivity contribution in [2.24, 2.45) is 0 Å². The summed E-state index contributed by atoms with van der Waals surface area (Å²) in [4.78, 5) is 0. The summed E-state index contributed by atoms with van der Waals surface area (Å²) in [6, 6.07) is 0. The first-order valence-corrected chi connectivity index (χ1v) is 5.34. The lowest BCUT2D eigenvalue weighted by molar-refractivity contribution is 1.41. The van der Waals surface area contributed by atoms with Crippen LogP contribution in [0.1, 0.15) is 20.8 Å². The van der Waals surface area contributed by atoms with Gasteiger partial charge >= 0.3 is 0 Å². The number of hydrogen-bond donors (Lipinski definition) is 1. The zero-order valence-corrected chi connectivity index (χ0v) is 7.96. The van der Waals surface area contributed by atoms with E-state index in [1.54, 1.807) is 0 Å². The molecule has 0 aliphatic rings. The Bertz CT molecular complexity index is 136. The lowest BCUT2D eigenvalue weighted by Crippen LogP contribution is -1.98. The lowest BCUT2D eigenvalue weighted by atomic mass is 10.4. The number of hydrogen-bond acceptors (Lipinski definition) is 1. The first-order valence-electron chi connectivity index (χ1n) is 3.62. The van der Waals surface area contributed by atoms with Crippen molar-refractivity contribution < 1.29 is 0 Å². The topological polar surface area (TPSA) is 23.9 Å². The maximum atomic E-state index is 7.63. The molecule has 0 bridgehead atoms. The van der Waals surface area contributed by atoms with Gasteiger partial charge in [0.15, 0.2) is 0 Å². The highest BCUT2D eigenvalue weighted by Crippen LogP contribution is 2.37. The minimum atomic E-state index is -0.173. The molecule has 10 heavy (non-hydrogen) atoms. The Kier molecular flexibility index (Phi) is 4.55. The van der Waals surface area contributed by atoms with Gasteiger partial charge in [0.1, 0.15) is 0 Å². The minimum absolute atomic E-state index is 0.173. The van der Waals surface area contributed by atoms with Crippen LogP contribution in [0.3, 0.4) is 0 Å². The molecule has 0 aliphatic heterocycles. The normalized spacial score (nSPS) is 10.0. The predicted molar refractivity (Wildman–Crippen MR) is 50.5 cm³/mol. The van der Waals surface area contributed by atoms with Crippen molar-refractivity contribution in [2.75, 3.05) is 12.3 Å². The van der Waals surface area contributed by atoms with Crippen LogP contribution >= 0.6 is 7.92 Å². The maximum absolute atomic E-state index is 7.63. The largest absolute Gasteiger partial charge is 0.300 e. The fourth-order valence-electron chi connectivity index (χ4n) is 0.810. The molecular weight excluding hydrogens is 141 g/mol. The Morgan fingerprint density at radius 1 is 1.40 bits per heavy atom. The second kappa shape index (κ2) is 4.62. The zero-order chi connectivity index (χ0) is 8.15. The van der Waals surface area contributed by atoms with E-state index in [1.807, 2.05) is 6.92 Å². The van der Waals surface area contributed by atoms with Gasteiger partial charge in [-0.1, -0.05) is 28.3 Å². The van der Waals surface area contributed by atoms with E-state index < -0.39 is 0 Å². The fourth-order valence-corrected chi connectivity index (χ4v) is 2.43. The standard InChI is InChI=1S/C8H16NP/c1-5-10(6-2)8(9)7(3)4/h9H,3,5-6H2,1-2,4H3. The Labute approximate surface area is 64.8 Å². The van der Waals surface area contributed by atoms with Gasteiger partial charge in [-0.05, 0) is 24.8 Å². The van der Waals surface area contributed by atoms with Crippen molar-refractivity contribution in [3.8, 4) is 0 Å². The molecule has 0 atom stereocenters. The molecule has 0 saturated carbocycles. The second-order valence-corrected chi connectivity index (χ2v) is 5.09. The average Bonchev–Trinajstić information content (AvgIpc) is 1.90. The third kappa shape index (κ3) is 2.62. The van der Waals surface area contributed by atoms with Gasteiger partial charge in [-0.2, -0.15) is 0 Å². The molecule has 0 saturated heterocycles. The van der Waals surface area contributed by atoms with Crippen LogP contribution in [0, 0.1) is 5.41 Å². The molecule has 58 valence electrons. The molecule has 0 aliphatic carbocycles. The molecule has 0 radical (unpaired) electrons. The molecule has 0 aromatic heterocycles. The first kappa shape index (κ1) is 9.84. The molecule has 0 spiro atoms. The highest BCUT2D eigenvalue weighted by Gasteiger charge is 2.08. The fraction of sp³-hybridized carbons (Fsp3) is 0.625. The van der Waals surface area contributed by atoms with Crippen molar-refractivity contribution in [3.63, 3.8) is 0 Å². The molecule has 0 heterocycles. The van der Waals surface area contributed by atoms with Gasteiger partial charge in [-0.3, -0.25) is 0 Å². The van der Waals surface area contributed by atoms with E-state index in [-0.39, 0.29) is 7.92 Å². The van der Waals surface area contributed by atoms with Crippen molar-refractivity contribution in [1.29, 1.82) is 5.41 Å². The van der Waals surface area contributed by atoms with E-state index in [1.165, 1.54) is 0 Å². The van der Waals surface area contributed by atoms with Crippen LogP contribution in [0.15, 0.2) is 12.2 Å². The molecule has 0 aromatic rings. The summed E-state index contributed by atoms with van der Waals surface area (Å²) >= 11 is 0. The average molecular weight is 157 g/mol. The van der Waals surface area contributed by atoms with Gasteiger partial charge in [0.05, 0.1) is 5.45 Å². The van der Waals surface area contributed by atoms with Gasteiger partial charge in [0.25, 0.3) is 0 Å². The van der Waals surface area contributed by atoms with Crippen molar-refractivity contribution >= 4 is 13.4 Å². The summed E-state index contributed by atoms with van der Waals surface area (Å²) < 4.78 is 0. The van der Waals surface area contributed by atoms with Crippen LogP contribution in [0.5, 0.6) is 0 Å². The summed E-state index contributed by atoms with van der Waals surface area (Å²) in [5.41, 5.74) is 1.73. The predicted octanol–water partition coefficient (Wildman–Crippen LogP) is 3.06. The van der Waals surface area contributed by atoms with Crippen molar-refractivity contribution in [3.05, 3.63) is 12.2 Å². The monoisotopic (exact) mass is 157 g/mol. The highest BCUT2D eigenvalue weighted by atomic mass is 31.1. The number of nitrogens with one attached hydrogen (secondary N) is 1. The van der Waals surface area contributed by atoms with Crippen LogP contribution in [0.25, 0.3) is 0 Å². The maximum Gasteiger partial charge on any atom is 0.0564 e. The first-order chi connectivity index (χ1) is 4.63. The summed E-state index contributed by atoms with van der Waals surface area (Å²) in [6.45, 7) is 9.97. The van der Waals surface area contributed by atoms with E-state index in [4.69, 9.17) is 5.41 Å². The van der Waals surface area contributed by atoms with Gasteiger partial charge < -0.3 is 5.41 Å². The van der Waals surface area contributed by atoms with E-state index >= 15 is 0 Å². The molecule has 0 unspecified atom stereocenters. The Hall–Kier alpha value is -0.160. The summed E-state index contributed by atoms with van der Waals surface area (Å²) in [6.07, 6.45) is 2.25. The van der Waals surface area contributed by atoms with Crippen LogP contribution in [-0.2, 0) is 0 Å². The van der Waals surface area contributed by atoms with Gasteiger partial charge in [-0.15, -0.1) is 0 Å². The molecule has 0 amide bonds. The second-order valence-electron chi connectivity index (χ2n) is 2.30. The third-order valence-electron chi connectivity index (χ3n) is 1.48. The van der Waals surface area contributed by atoms with E-state index in [0.29, 0.717) is 0 Å². The zero-order valence-electron chi connectivity index (χ0n) is 7.07. The SMILES string of the molecule is C=C(C)C(=N)P(CC)CC. The van der Waals surface area contributed by atoms with Gasteiger partial charge in [0, 0.05) is 0 Å². The third-order valence-corrected chi connectivity index (χ3v) is 4.02. The molecule has 0 rings (SSSR count). The van der Waals surface area contributed by atoms with E-state index in [2.05, 4.69) is 20.4 Å². The minimum Gasteiger partial charge on any atom is -0.300 e. The lowest BCUT2D eigenvalue weighted by Gasteiger charge is -2.13.